The van der Waals surface area contributed by atoms with Crippen LogP contribution in [0.15, 0.2) is 71.1 Å². The van der Waals surface area contributed by atoms with E-state index in [4.69, 9.17) is 4.42 Å². The van der Waals surface area contributed by atoms with Crippen LogP contribution in [0.4, 0.5) is 0 Å². The molecule has 0 N–H and O–H groups in total. The zero-order valence-electron chi connectivity index (χ0n) is 12.3. The van der Waals surface area contributed by atoms with Crippen molar-refractivity contribution >= 4 is 43.5 Å². The fourth-order valence-electron chi connectivity index (χ4n) is 3.51. The van der Waals surface area contributed by atoms with E-state index in [0.29, 0.717) is 0 Å². The molecule has 104 valence electrons. The monoisotopic (exact) mass is 282 g/mol. The molecule has 1 aromatic heterocycles. The summed E-state index contributed by atoms with van der Waals surface area (Å²) in [5, 5.41) is 7.25. The lowest BCUT2D eigenvalue weighted by atomic mass is 10.0. The average molecular weight is 282 g/mol. The second kappa shape index (κ2) is 4.11. The van der Waals surface area contributed by atoms with Crippen molar-refractivity contribution in [2.75, 3.05) is 0 Å². The van der Waals surface area contributed by atoms with Crippen LogP contribution in [-0.2, 0) is 0 Å². The summed E-state index contributed by atoms with van der Waals surface area (Å²) >= 11 is 0. The molecule has 0 radical (unpaired) electrons. The average Bonchev–Trinajstić information content (AvgIpc) is 2.94. The van der Waals surface area contributed by atoms with Crippen molar-refractivity contribution in [1.82, 2.24) is 0 Å². The fourth-order valence-corrected chi connectivity index (χ4v) is 3.51. The van der Waals surface area contributed by atoms with Gasteiger partial charge >= 0.3 is 0 Å². The minimum absolute atomic E-state index is 0.990. The van der Waals surface area contributed by atoms with Crippen molar-refractivity contribution in [1.29, 1.82) is 0 Å². The first-order valence-electron chi connectivity index (χ1n) is 7.55. The normalized spacial score (nSPS) is 11.9. The van der Waals surface area contributed by atoms with E-state index >= 15 is 0 Å². The van der Waals surface area contributed by atoms with Gasteiger partial charge in [-0.25, -0.2) is 0 Å². The van der Waals surface area contributed by atoms with Gasteiger partial charge in [0.25, 0.3) is 0 Å². The third-order valence-corrected chi connectivity index (χ3v) is 4.58. The molecule has 0 aliphatic heterocycles. The van der Waals surface area contributed by atoms with E-state index in [2.05, 4.69) is 73.7 Å². The maximum atomic E-state index is 6.33. The van der Waals surface area contributed by atoms with Gasteiger partial charge in [0.1, 0.15) is 11.2 Å². The van der Waals surface area contributed by atoms with Crippen molar-refractivity contribution < 1.29 is 4.42 Å². The summed E-state index contributed by atoms with van der Waals surface area (Å²) in [5.74, 6) is 0. The Morgan fingerprint density at radius 1 is 0.591 bits per heavy atom. The molecule has 0 fully saturated rings. The first-order chi connectivity index (χ1) is 10.8. The maximum Gasteiger partial charge on any atom is 0.143 e. The molecule has 5 aromatic rings. The first-order valence-corrected chi connectivity index (χ1v) is 7.55. The molecule has 4 aromatic carbocycles. The predicted molar refractivity (Wildman–Crippen MR) is 93.5 cm³/mol. The maximum absolute atomic E-state index is 6.33. The molecule has 22 heavy (non-hydrogen) atoms. The van der Waals surface area contributed by atoms with E-state index in [1.54, 1.807) is 0 Å². The van der Waals surface area contributed by atoms with Gasteiger partial charge < -0.3 is 4.42 Å². The van der Waals surface area contributed by atoms with Crippen LogP contribution in [0.1, 0.15) is 5.56 Å². The van der Waals surface area contributed by atoms with Gasteiger partial charge in [-0.15, -0.1) is 0 Å². The molecule has 1 heteroatoms. The number of fused-ring (bicyclic) bond motifs is 7. The number of benzene rings is 4. The Labute approximate surface area is 127 Å². The van der Waals surface area contributed by atoms with E-state index in [1.807, 2.05) is 0 Å². The number of rotatable bonds is 0. The standard InChI is InChI=1S/C21H14O/c1-13-12-19-18-11-10-14-6-2-3-8-16(14)20(18)22-21(19)17-9-5-4-7-15(13)17/h2-12H,1H3. The molecule has 0 saturated heterocycles. The number of hydrogen-bond donors (Lipinski definition) is 0. The van der Waals surface area contributed by atoms with Gasteiger partial charge in [-0.05, 0) is 35.4 Å². The minimum atomic E-state index is 0.990. The summed E-state index contributed by atoms with van der Waals surface area (Å²) in [7, 11) is 0. The summed E-state index contributed by atoms with van der Waals surface area (Å²) in [6, 6.07) is 23.5. The molecular formula is C21H14O. The highest BCUT2D eigenvalue weighted by Gasteiger charge is 2.13. The van der Waals surface area contributed by atoms with Crippen LogP contribution in [0.5, 0.6) is 0 Å². The Hall–Kier alpha value is -2.80. The van der Waals surface area contributed by atoms with Gasteiger partial charge in [-0.3, -0.25) is 0 Å². The quantitative estimate of drug-likeness (QED) is 0.329. The van der Waals surface area contributed by atoms with Gasteiger partial charge in [0.2, 0.25) is 0 Å². The molecule has 0 amide bonds. The summed E-state index contributed by atoms with van der Waals surface area (Å²) in [4.78, 5) is 0. The van der Waals surface area contributed by atoms with Crippen LogP contribution in [0.2, 0.25) is 0 Å². The molecular weight excluding hydrogens is 268 g/mol. The number of furan rings is 1. The molecule has 1 nitrogen and oxygen atoms in total. The van der Waals surface area contributed by atoms with Gasteiger partial charge in [0.05, 0.1) is 0 Å². The third kappa shape index (κ3) is 1.43. The highest BCUT2D eigenvalue weighted by molar-refractivity contribution is 6.20. The molecule has 5 rings (SSSR count). The highest BCUT2D eigenvalue weighted by Crippen LogP contribution is 2.38. The van der Waals surface area contributed by atoms with Crippen LogP contribution < -0.4 is 0 Å². The lowest BCUT2D eigenvalue weighted by molar-refractivity contribution is 0.676. The molecule has 0 saturated carbocycles. The molecule has 0 aliphatic rings. The van der Waals surface area contributed by atoms with Crippen molar-refractivity contribution in [3.63, 3.8) is 0 Å². The first kappa shape index (κ1) is 11.8. The highest BCUT2D eigenvalue weighted by atomic mass is 16.3. The van der Waals surface area contributed by atoms with Crippen LogP contribution in [-0.4, -0.2) is 0 Å². The van der Waals surface area contributed by atoms with Crippen LogP contribution >= 0.6 is 0 Å². The van der Waals surface area contributed by atoms with Crippen LogP contribution in [0.3, 0.4) is 0 Å². The van der Waals surface area contributed by atoms with Crippen LogP contribution in [0, 0.1) is 6.92 Å². The minimum Gasteiger partial charge on any atom is -0.455 e. The summed E-state index contributed by atoms with van der Waals surface area (Å²) in [6.07, 6.45) is 0. The number of hydrogen-bond acceptors (Lipinski definition) is 1. The van der Waals surface area contributed by atoms with Crippen molar-refractivity contribution in [2.24, 2.45) is 0 Å². The smallest absolute Gasteiger partial charge is 0.143 e. The van der Waals surface area contributed by atoms with E-state index in [-0.39, 0.29) is 0 Å². The predicted octanol–water partition coefficient (Wildman–Crippen LogP) is 6.20. The van der Waals surface area contributed by atoms with Gasteiger partial charge in [-0.2, -0.15) is 0 Å². The second-order valence-electron chi connectivity index (χ2n) is 5.88. The number of aryl methyl sites for hydroxylation is 1. The molecule has 0 atom stereocenters. The SMILES string of the molecule is Cc1cc2c3ccc4ccccc4c3oc2c2ccccc12. The second-order valence-corrected chi connectivity index (χ2v) is 5.88. The molecule has 0 aliphatic carbocycles. The molecule has 0 spiro atoms. The van der Waals surface area contributed by atoms with Crippen LogP contribution in [0.25, 0.3) is 43.5 Å². The van der Waals surface area contributed by atoms with Crippen molar-refractivity contribution in [3.05, 3.63) is 72.3 Å². The van der Waals surface area contributed by atoms with Crippen molar-refractivity contribution in [3.8, 4) is 0 Å². The zero-order valence-corrected chi connectivity index (χ0v) is 12.3. The molecule has 1 heterocycles. The Kier molecular flexibility index (Phi) is 2.21. The Morgan fingerprint density at radius 2 is 1.23 bits per heavy atom. The van der Waals surface area contributed by atoms with Gasteiger partial charge in [0.15, 0.2) is 0 Å². The fraction of sp³-hybridized carbons (Fsp3) is 0.0476. The summed E-state index contributed by atoms with van der Waals surface area (Å²) in [6.45, 7) is 2.17. The van der Waals surface area contributed by atoms with Crippen molar-refractivity contribution in [2.45, 2.75) is 6.92 Å². The van der Waals surface area contributed by atoms with E-state index in [9.17, 15) is 0 Å². The molecule has 0 unspecified atom stereocenters. The van der Waals surface area contributed by atoms with E-state index in [1.165, 1.54) is 37.9 Å². The summed E-state index contributed by atoms with van der Waals surface area (Å²) < 4.78 is 6.33. The third-order valence-electron chi connectivity index (χ3n) is 4.58. The lowest BCUT2D eigenvalue weighted by Gasteiger charge is -2.02. The van der Waals surface area contributed by atoms with E-state index in [0.717, 1.165) is 11.2 Å². The van der Waals surface area contributed by atoms with Gasteiger partial charge in [0, 0.05) is 21.5 Å². The Morgan fingerprint density at radius 3 is 2.09 bits per heavy atom. The summed E-state index contributed by atoms with van der Waals surface area (Å²) in [5.41, 5.74) is 3.27. The molecule has 0 bridgehead atoms. The largest absolute Gasteiger partial charge is 0.455 e. The van der Waals surface area contributed by atoms with Gasteiger partial charge in [-0.1, -0.05) is 54.6 Å². The Balaban J connectivity index is 2.10. The van der Waals surface area contributed by atoms with E-state index < -0.39 is 0 Å². The lowest BCUT2D eigenvalue weighted by Crippen LogP contribution is -1.79. The topological polar surface area (TPSA) is 13.1 Å². The zero-order chi connectivity index (χ0) is 14.7. The Bertz CT molecular complexity index is 1180.